The van der Waals surface area contributed by atoms with Crippen molar-refractivity contribution in [2.24, 2.45) is 18.7 Å². The molecule has 1 atom stereocenters. The Balaban J connectivity index is 1.32. The van der Waals surface area contributed by atoms with E-state index >= 15 is 0 Å². The molecule has 0 spiro atoms. The van der Waals surface area contributed by atoms with Crippen LogP contribution in [0.5, 0.6) is 5.88 Å². The molecule has 0 bridgehead atoms. The van der Waals surface area contributed by atoms with E-state index in [-0.39, 0.29) is 24.3 Å². The third-order valence-electron chi connectivity index (χ3n) is 5.98. The molecule has 1 fully saturated rings. The fraction of sp³-hybridized carbons (Fsp3) is 0.417. The van der Waals surface area contributed by atoms with Crippen LogP contribution >= 0.6 is 0 Å². The van der Waals surface area contributed by atoms with Crippen molar-refractivity contribution in [1.82, 2.24) is 19.7 Å². The number of nitrogens with two attached hydrogens (primary N) is 1. The van der Waals surface area contributed by atoms with Gasteiger partial charge in [-0.15, -0.1) is 5.10 Å². The van der Waals surface area contributed by atoms with E-state index in [2.05, 4.69) is 20.3 Å². The number of amides is 2. The van der Waals surface area contributed by atoms with Gasteiger partial charge in [-0.05, 0) is 62.6 Å². The molecule has 4 rings (SSSR count). The zero-order valence-corrected chi connectivity index (χ0v) is 19.3. The predicted octanol–water partition coefficient (Wildman–Crippen LogP) is 2.30. The minimum absolute atomic E-state index is 0.0721. The smallest absolute Gasteiger partial charge is 0.262 e. The first-order valence-electron chi connectivity index (χ1n) is 11.1. The number of primary amides is 1. The fourth-order valence-electron chi connectivity index (χ4n) is 4.36. The molecule has 9 heteroatoms. The number of hydrogen-bond donors (Lipinski definition) is 2. The molecule has 3 aromatic rings. The lowest BCUT2D eigenvalue weighted by Crippen LogP contribution is -2.40. The number of aryl methyl sites for hydroxylation is 3. The van der Waals surface area contributed by atoms with Gasteiger partial charge in [-0.2, -0.15) is 0 Å². The van der Waals surface area contributed by atoms with E-state index in [1.165, 1.54) is 0 Å². The SMILES string of the molecule is Cc1cc(C)c2c(OCC(=O)Nc3ccc(CN4CCCC(C(N)=O)C4)cc3)nn(C)c2n1. The average molecular weight is 451 g/mol. The third kappa shape index (κ3) is 5.31. The Kier molecular flexibility index (Phi) is 6.60. The number of carbonyl (C=O) groups is 2. The van der Waals surface area contributed by atoms with Crippen molar-refractivity contribution in [1.29, 1.82) is 0 Å². The summed E-state index contributed by atoms with van der Waals surface area (Å²) >= 11 is 0. The van der Waals surface area contributed by atoms with E-state index in [4.69, 9.17) is 10.5 Å². The molecule has 3 N–H and O–H groups in total. The monoisotopic (exact) mass is 450 g/mol. The van der Waals surface area contributed by atoms with Crippen LogP contribution in [0.4, 0.5) is 5.69 Å². The Hall–Kier alpha value is -3.46. The minimum atomic E-state index is -0.264. The van der Waals surface area contributed by atoms with E-state index in [1.54, 1.807) is 11.7 Å². The van der Waals surface area contributed by atoms with Gasteiger partial charge in [0.25, 0.3) is 5.91 Å². The number of fused-ring (bicyclic) bond motifs is 1. The topological polar surface area (TPSA) is 115 Å². The van der Waals surface area contributed by atoms with Crippen LogP contribution in [0.2, 0.25) is 0 Å². The van der Waals surface area contributed by atoms with Gasteiger partial charge in [-0.1, -0.05) is 12.1 Å². The maximum absolute atomic E-state index is 12.4. The number of benzene rings is 1. The number of nitrogens with one attached hydrogen (secondary N) is 1. The first-order chi connectivity index (χ1) is 15.8. The summed E-state index contributed by atoms with van der Waals surface area (Å²) in [5.41, 5.74) is 9.93. The van der Waals surface area contributed by atoms with Crippen LogP contribution in [0.1, 0.15) is 29.7 Å². The molecule has 2 amide bonds. The number of likely N-dealkylation sites (tertiary alicyclic amines) is 1. The molecule has 2 aromatic heterocycles. The lowest BCUT2D eigenvalue weighted by molar-refractivity contribution is -0.123. The highest BCUT2D eigenvalue weighted by atomic mass is 16.5. The fourth-order valence-corrected chi connectivity index (χ4v) is 4.36. The van der Waals surface area contributed by atoms with Crippen LogP contribution in [-0.2, 0) is 23.2 Å². The van der Waals surface area contributed by atoms with Gasteiger partial charge in [0, 0.05) is 31.5 Å². The molecule has 1 unspecified atom stereocenters. The minimum Gasteiger partial charge on any atom is -0.466 e. The number of rotatable bonds is 7. The van der Waals surface area contributed by atoms with Crippen LogP contribution in [0.15, 0.2) is 30.3 Å². The van der Waals surface area contributed by atoms with Crippen LogP contribution in [-0.4, -0.2) is 51.2 Å². The van der Waals surface area contributed by atoms with Gasteiger partial charge in [0.05, 0.1) is 11.3 Å². The molecule has 0 aliphatic carbocycles. The zero-order chi connectivity index (χ0) is 23.5. The molecule has 174 valence electrons. The molecule has 0 radical (unpaired) electrons. The summed E-state index contributed by atoms with van der Waals surface area (Å²) in [7, 11) is 1.81. The Labute approximate surface area is 192 Å². The van der Waals surface area contributed by atoms with E-state index in [0.717, 1.165) is 53.8 Å². The second kappa shape index (κ2) is 9.58. The molecule has 9 nitrogen and oxygen atoms in total. The summed E-state index contributed by atoms with van der Waals surface area (Å²) in [5.74, 6) is -0.157. The molecule has 0 saturated carbocycles. The standard InChI is InChI=1S/C24H30N6O3/c1-15-11-16(2)26-23-21(15)24(28-29(23)3)33-14-20(31)27-19-8-6-17(7-9-19)12-30-10-4-5-18(13-30)22(25)32/h6-9,11,18H,4-5,10,12-14H2,1-3H3,(H2,25,32)(H,27,31). The van der Waals surface area contributed by atoms with E-state index < -0.39 is 0 Å². The van der Waals surface area contributed by atoms with Gasteiger partial charge in [0.15, 0.2) is 12.3 Å². The van der Waals surface area contributed by atoms with Gasteiger partial charge in [0.2, 0.25) is 11.8 Å². The second-order valence-electron chi connectivity index (χ2n) is 8.72. The van der Waals surface area contributed by atoms with Crippen LogP contribution in [0.3, 0.4) is 0 Å². The molecule has 1 aromatic carbocycles. The van der Waals surface area contributed by atoms with Crippen LogP contribution in [0.25, 0.3) is 11.0 Å². The maximum atomic E-state index is 12.4. The molecule has 1 aliphatic rings. The quantitative estimate of drug-likeness (QED) is 0.571. The molecule has 3 heterocycles. The predicted molar refractivity (Wildman–Crippen MR) is 126 cm³/mol. The number of nitrogens with zero attached hydrogens (tertiary/aromatic N) is 4. The number of carbonyl (C=O) groups excluding carboxylic acids is 2. The van der Waals surface area contributed by atoms with Crippen molar-refractivity contribution < 1.29 is 14.3 Å². The Morgan fingerprint density at radius 3 is 2.73 bits per heavy atom. The lowest BCUT2D eigenvalue weighted by Gasteiger charge is -2.31. The Morgan fingerprint density at radius 1 is 1.24 bits per heavy atom. The number of anilines is 1. The summed E-state index contributed by atoms with van der Waals surface area (Å²) in [6.45, 7) is 6.16. The van der Waals surface area contributed by atoms with Crippen molar-refractivity contribution in [2.75, 3.05) is 25.0 Å². The number of pyridine rings is 1. The Morgan fingerprint density at radius 2 is 2.00 bits per heavy atom. The number of hydrogen-bond acceptors (Lipinski definition) is 6. The zero-order valence-electron chi connectivity index (χ0n) is 19.3. The van der Waals surface area contributed by atoms with Gasteiger partial charge < -0.3 is 15.8 Å². The Bertz CT molecular complexity index is 1170. The molecule has 1 saturated heterocycles. The highest BCUT2D eigenvalue weighted by Gasteiger charge is 2.23. The molecule has 1 aliphatic heterocycles. The second-order valence-corrected chi connectivity index (χ2v) is 8.72. The van der Waals surface area contributed by atoms with E-state index in [9.17, 15) is 9.59 Å². The van der Waals surface area contributed by atoms with Crippen molar-refractivity contribution in [3.8, 4) is 5.88 Å². The highest BCUT2D eigenvalue weighted by Crippen LogP contribution is 2.27. The largest absolute Gasteiger partial charge is 0.466 e. The lowest BCUT2D eigenvalue weighted by atomic mass is 9.97. The van der Waals surface area contributed by atoms with Crippen molar-refractivity contribution in [3.05, 3.63) is 47.2 Å². The first-order valence-corrected chi connectivity index (χ1v) is 11.1. The van der Waals surface area contributed by atoms with Gasteiger partial charge >= 0.3 is 0 Å². The third-order valence-corrected chi connectivity index (χ3v) is 5.98. The molecular weight excluding hydrogens is 420 g/mol. The highest BCUT2D eigenvalue weighted by molar-refractivity contribution is 5.92. The first kappa shape index (κ1) is 22.7. The number of ether oxygens (including phenoxy) is 1. The summed E-state index contributed by atoms with van der Waals surface area (Å²) < 4.78 is 7.38. The van der Waals surface area contributed by atoms with Crippen molar-refractivity contribution >= 4 is 28.5 Å². The number of piperidine rings is 1. The van der Waals surface area contributed by atoms with E-state index in [0.29, 0.717) is 18.1 Å². The van der Waals surface area contributed by atoms with Crippen LogP contribution in [0, 0.1) is 19.8 Å². The average Bonchev–Trinajstić information content (AvgIpc) is 3.09. The summed E-state index contributed by atoms with van der Waals surface area (Å²) in [6, 6.07) is 9.67. The normalized spacial score (nSPS) is 16.6. The summed E-state index contributed by atoms with van der Waals surface area (Å²) in [6.07, 6.45) is 1.84. The van der Waals surface area contributed by atoms with Gasteiger partial charge in [-0.3, -0.25) is 14.5 Å². The summed E-state index contributed by atoms with van der Waals surface area (Å²) in [4.78, 5) is 30.7. The van der Waals surface area contributed by atoms with Gasteiger partial charge in [0.1, 0.15) is 0 Å². The summed E-state index contributed by atoms with van der Waals surface area (Å²) in [5, 5.41) is 8.04. The van der Waals surface area contributed by atoms with E-state index in [1.807, 2.05) is 44.2 Å². The number of aromatic nitrogens is 3. The van der Waals surface area contributed by atoms with Crippen molar-refractivity contribution in [2.45, 2.75) is 33.2 Å². The molecular formula is C24H30N6O3. The maximum Gasteiger partial charge on any atom is 0.262 e. The molecule has 33 heavy (non-hydrogen) atoms. The van der Waals surface area contributed by atoms with Crippen molar-refractivity contribution in [3.63, 3.8) is 0 Å². The van der Waals surface area contributed by atoms with Crippen LogP contribution < -0.4 is 15.8 Å². The van der Waals surface area contributed by atoms with Gasteiger partial charge in [-0.25, -0.2) is 9.67 Å².